The van der Waals surface area contributed by atoms with Gasteiger partial charge in [0, 0.05) is 16.1 Å². The number of carbonyl (C=O) groups is 2. The lowest BCUT2D eigenvalue weighted by atomic mass is 9.85. The Hall–Kier alpha value is -2.12. The van der Waals surface area contributed by atoms with Crippen LogP contribution in [-0.4, -0.2) is 42.8 Å². The van der Waals surface area contributed by atoms with Crippen molar-refractivity contribution in [3.63, 3.8) is 0 Å². The van der Waals surface area contributed by atoms with Crippen LogP contribution in [0.15, 0.2) is 42.5 Å². The highest BCUT2D eigenvalue weighted by molar-refractivity contribution is 6.74. The maximum atomic E-state index is 13.8. The van der Waals surface area contributed by atoms with E-state index >= 15 is 0 Å². The highest BCUT2D eigenvalue weighted by atomic mass is 35.5. The van der Waals surface area contributed by atoms with Crippen LogP contribution >= 0.6 is 23.2 Å². The number of carboxylic acids is 1. The molecule has 1 aliphatic rings. The van der Waals surface area contributed by atoms with E-state index in [1.165, 1.54) is 0 Å². The summed E-state index contributed by atoms with van der Waals surface area (Å²) in [5, 5.41) is 10.1. The number of benzene rings is 2. The van der Waals surface area contributed by atoms with Gasteiger partial charge in [-0.05, 0) is 71.9 Å². The molecule has 36 heavy (non-hydrogen) atoms. The number of hydrogen-bond acceptors (Lipinski definition) is 3. The second-order valence-electron chi connectivity index (χ2n) is 10.9. The number of halogens is 2. The van der Waals surface area contributed by atoms with E-state index in [1.54, 1.807) is 24.3 Å². The van der Waals surface area contributed by atoms with Crippen molar-refractivity contribution in [1.82, 2.24) is 4.90 Å². The molecule has 1 amide bonds. The van der Waals surface area contributed by atoms with Crippen LogP contribution in [-0.2, 0) is 26.9 Å². The summed E-state index contributed by atoms with van der Waals surface area (Å²) in [5.74, 6) is -1.07. The third kappa shape index (κ3) is 6.22. The van der Waals surface area contributed by atoms with Gasteiger partial charge in [0.2, 0.25) is 5.91 Å². The summed E-state index contributed by atoms with van der Waals surface area (Å²) in [4.78, 5) is 26.9. The Kier molecular flexibility index (Phi) is 8.77. The number of amides is 1. The van der Waals surface area contributed by atoms with Gasteiger partial charge in [-0.15, -0.1) is 0 Å². The summed E-state index contributed by atoms with van der Waals surface area (Å²) < 4.78 is 6.59. The SMILES string of the molecule is C[C@H]1c2cccc(C=CC(=O)O)c2C[C@H](CO[Si](C)(C)C(C)(C)C)N1C(=O)Cc1c(Cl)cccc1Cl. The van der Waals surface area contributed by atoms with Crippen molar-refractivity contribution in [2.24, 2.45) is 0 Å². The quantitative estimate of drug-likeness (QED) is 0.294. The second kappa shape index (κ2) is 11.1. The number of rotatable bonds is 7. The Morgan fingerprint density at radius 2 is 1.75 bits per heavy atom. The average molecular weight is 549 g/mol. The molecule has 2 aromatic carbocycles. The second-order valence-corrected chi connectivity index (χ2v) is 16.5. The highest BCUT2D eigenvalue weighted by Gasteiger charge is 2.41. The molecule has 0 spiro atoms. The summed E-state index contributed by atoms with van der Waals surface area (Å²) in [6, 6.07) is 10.6. The zero-order valence-electron chi connectivity index (χ0n) is 21.8. The molecule has 5 nitrogen and oxygen atoms in total. The van der Waals surface area contributed by atoms with Crippen LogP contribution < -0.4 is 0 Å². The normalized spacial score (nSPS) is 18.4. The Labute approximate surface area is 225 Å². The molecule has 0 saturated carbocycles. The van der Waals surface area contributed by atoms with Gasteiger partial charge in [-0.25, -0.2) is 4.79 Å². The number of aliphatic carboxylic acids is 1. The van der Waals surface area contributed by atoms with Crippen LogP contribution in [0.1, 0.15) is 56.0 Å². The minimum absolute atomic E-state index is 0.0283. The van der Waals surface area contributed by atoms with E-state index in [1.807, 2.05) is 30.0 Å². The van der Waals surface area contributed by atoms with Crippen LogP contribution in [0.25, 0.3) is 6.08 Å². The summed E-state index contributed by atoms with van der Waals surface area (Å²) in [7, 11) is -2.07. The maximum Gasteiger partial charge on any atom is 0.328 e. The fourth-order valence-corrected chi connectivity index (χ4v) is 5.96. The van der Waals surface area contributed by atoms with Crippen molar-refractivity contribution in [2.45, 2.75) is 70.8 Å². The van der Waals surface area contributed by atoms with Crippen molar-refractivity contribution in [3.8, 4) is 0 Å². The maximum absolute atomic E-state index is 13.8. The van der Waals surface area contributed by atoms with Crippen molar-refractivity contribution >= 4 is 49.5 Å². The van der Waals surface area contributed by atoms with E-state index < -0.39 is 14.3 Å². The molecule has 0 aliphatic carbocycles. The van der Waals surface area contributed by atoms with Gasteiger partial charge in [-0.2, -0.15) is 0 Å². The smallest absolute Gasteiger partial charge is 0.328 e. The third-order valence-corrected chi connectivity index (χ3v) is 12.7. The van der Waals surface area contributed by atoms with Gasteiger partial charge in [-0.1, -0.05) is 68.2 Å². The molecule has 0 radical (unpaired) electrons. The van der Waals surface area contributed by atoms with Crippen LogP contribution in [0.2, 0.25) is 28.2 Å². The fraction of sp³-hybridized carbons (Fsp3) is 0.429. The molecule has 2 atom stereocenters. The Balaban J connectivity index is 2.01. The molecule has 0 bridgehead atoms. The lowest BCUT2D eigenvalue weighted by molar-refractivity contribution is -0.137. The summed E-state index contributed by atoms with van der Waals surface area (Å²) in [6.45, 7) is 13.4. The van der Waals surface area contributed by atoms with Crippen LogP contribution in [0.5, 0.6) is 0 Å². The first-order valence-corrected chi connectivity index (χ1v) is 15.8. The van der Waals surface area contributed by atoms with Crippen molar-refractivity contribution in [2.75, 3.05) is 6.61 Å². The van der Waals surface area contributed by atoms with E-state index in [4.69, 9.17) is 32.7 Å². The van der Waals surface area contributed by atoms with Crippen LogP contribution in [0.4, 0.5) is 0 Å². The lowest BCUT2D eigenvalue weighted by Crippen LogP contribution is -2.52. The zero-order chi connectivity index (χ0) is 26.8. The fourth-order valence-electron chi connectivity index (χ4n) is 4.39. The molecule has 2 aromatic rings. The highest BCUT2D eigenvalue weighted by Crippen LogP contribution is 2.40. The van der Waals surface area contributed by atoms with Gasteiger partial charge in [0.1, 0.15) is 0 Å². The molecule has 0 unspecified atom stereocenters. The van der Waals surface area contributed by atoms with Crippen LogP contribution in [0.3, 0.4) is 0 Å². The topological polar surface area (TPSA) is 66.8 Å². The molecular formula is C28H35Cl2NO4Si. The molecule has 8 heteroatoms. The Morgan fingerprint density at radius 1 is 1.14 bits per heavy atom. The van der Waals surface area contributed by atoms with E-state index in [-0.39, 0.29) is 29.4 Å². The number of carbonyl (C=O) groups excluding carboxylic acids is 1. The van der Waals surface area contributed by atoms with E-state index in [9.17, 15) is 9.59 Å². The molecule has 1 N–H and O–H groups in total. The number of fused-ring (bicyclic) bond motifs is 1. The largest absolute Gasteiger partial charge is 0.478 e. The van der Waals surface area contributed by atoms with Crippen LogP contribution in [0, 0.1) is 0 Å². The third-order valence-electron chi connectivity index (χ3n) is 7.47. The van der Waals surface area contributed by atoms with Gasteiger partial charge in [0.15, 0.2) is 8.32 Å². The number of carboxylic acid groups (broad SMARTS) is 1. The van der Waals surface area contributed by atoms with E-state index in [0.717, 1.165) is 22.8 Å². The predicted molar refractivity (Wildman–Crippen MR) is 149 cm³/mol. The van der Waals surface area contributed by atoms with E-state index in [2.05, 4.69) is 33.9 Å². The van der Waals surface area contributed by atoms with Gasteiger partial charge < -0.3 is 14.4 Å². The zero-order valence-corrected chi connectivity index (χ0v) is 24.3. The molecular weight excluding hydrogens is 513 g/mol. The van der Waals surface area contributed by atoms with E-state index in [0.29, 0.717) is 28.6 Å². The number of hydrogen-bond donors (Lipinski definition) is 1. The first-order valence-electron chi connectivity index (χ1n) is 12.1. The molecule has 0 saturated heterocycles. The minimum atomic E-state index is -2.07. The summed E-state index contributed by atoms with van der Waals surface area (Å²) in [6.07, 6.45) is 3.43. The van der Waals surface area contributed by atoms with Crippen molar-refractivity contribution in [3.05, 3.63) is 74.8 Å². The van der Waals surface area contributed by atoms with Gasteiger partial charge >= 0.3 is 5.97 Å². The summed E-state index contributed by atoms with van der Waals surface area (Å²) in [5.41, 5.74) is 3.52. The number of nitrogens with zero attached hydrogens (tertiary/aromatic N) is 1. The monoisotopic (exact) mass is 547 g/mol. The molecule has 194 valence electrons. The van der Waals surface area contributed by atoms with Gasteiger partial charge in [-0.3, -0.25) is 4.79 Å². The molecule has 1 heterocycles. The standard InChI is InChI=1S/C28H35Cl2NO4Si/c1-18-21-10-7-9-19(13-14-27(33)34)22(21)15-20(17-35-36(5,6)28(2,3)4)31(18)26(32)16-23-24(29)11-8-12-25(23)30/h7-14,18,20H,15-17H2,1-6H3,(H,33,34)/t18-,20+/m0/s1. The lowest BCUT2D eigenvalue weighted by Gasteiger charge is -2.45. The predicted octanol–water partition coefficient (Wildman–Crippen LogP) is 7.17. The van der Waals surface area contributed by atoms with Crippen molar-refractivity contribution in [1.29, 1.82) is 0 Å². The first-order chi connectivity index (χ1) is 16.7. The minimum Gasteiger partial charge on any atom is -0.478 e. The van der Waals surface area contributed by atoms with Gasteiger partial charge in [0.05, 0.1) is 25.1 Å². The average Bonchev–Trinajstić information content (AvgIpc) is 2.78. The van der Waals surface area contributed by atoms with Crippen molar-refractivity contribution < 1.29 is 19.1 Å². The molecule has 0 aromatic heterocycles. The molecule has 3 rings (SSSR count). The molecule has 1 aliphatic heterocycles. The summed E-state index contributed by atoms with van der Waals surface area (Å²) >= 11 is 12.8. The van der Waals surface area contributed by atoms with Gasteiger partial charge in [0.25, 0.3) is 0 Å². The Morgan fingerprint density at radius 3 is 2.33 bits per heavy atom. The molecule has 0 fully saturated rings. The Bertz CT molecular complexity index is 1150. The first kappa shape index (κ1) is 28.4.